The van der Waals surface area contributed by atoms with Gasteiger partial charge in [-0.15, -0.1) is 0 Å². The van der Waals surface area contributed by atoms with Gasteiger partial charge in [0.1, 0.15) is 0 Å². The Kier molecular flexibility index (Phi) is 6.17. The molecule has 0 spiro atoms. The van der Waals surface area contributed by atoms with E-state index in [1.165, 1.54) is 5.56 Å². The summed E-state index contributed by atoms with van der Waals surface area (Å²) in [7, 11) is 1.91. The van der Waals surface area contributed by atoms with Crippen molar-refractivity contribution in [3.63, 3.8) is 0 Å². The molecular formula is C18H26N6O. The molecule has 7 heteroatoms. The van der Waals surface area contributed by atoms with Crippen LogP contribution in [0.3, 0.4) is 0 Å². The Morgan fingerprint density at radius 1 is 1.36 bits per heavy atom. The molecule has 1 amide bonds. The van der Waals surface area contributed by atoms with Crippen LogP contribution in [0.1, 0.15) is 38.2 Å². The van der Waals surface area contributed by atoms with Gasteiger partial charge in [0.05, 0.1) is 37.7 Å². The summed E-state index contributed by atoms with van der Waals surface area (Å²) in [6, 6.07) is 4.13. The summed E-state index contributed by atoms with van der Waals surface area (Å²) in [6.45, 7) is 7.20. The smallest absolute Gasteiger partial charge is 0.236 e. The standard InChI is InChI=1S/C18H26N6O/c1-18(2)14-23(12-16(18)15-10-21-22(3)11-15)13-17(25)24(8-4-6-19)9-5-7-20/h10-11,16H,4-5,8-9,12-14H2,1-3H3/t16-/m1/s1. The summed E-state index contributed by atoms with van der Waals surface area (Å²) in [5.74, 6) is 0.328. The number of nitriles is 2. The highest BCUT2D eigenvalue weighted by molar-refractivity contribution is 5.78. The van der Waals surface area contributed by atoms with Crippen molar-refractivity contribution < 1.29 is 4.79 Å². The molecule has 1 saturated heterocycles. The molecule has 0 bridgehead atoms. The number of nitrogens with zero attached hydrogens (tertiary/aromatic N) is 6. The molecule has 7 nitrogen and oxygen atoms in total. The van der Waals surface area contributed by atoms with E-state index in [1.54, 1.807) is 4.90 Å². The molecule has 2 rings (SSSR count). The molecule has 0 radical (unpaired) electrons. The lowest BCUT2D eigenvalue weighted by atomic mass is 9.79. The molecule has 0 saturated carbocycles. The van der Waals surface area contributed by atoms with E-state index in [1.807, 2.05) is 24.1 Å². The third-order valence-electron chi connectivity index (χ3n) is 4.84. The SMILES string of the molecule is Cn1cc([C@H]2CN(CC(=O)N(CCC#N)CCC#N)CC2(C)C)cn1. The Balaban J connectivity index is 2.01. The van der Waals surface area contributed by atoms with Crippen molar-refractivity contribution in [2.45, 2.75) is 32.6 Å². The van der Waals surface area contributed by atoms with Gasteiger partial charge >= 0.3 is 0 Å². The van der Waals surface area contributed by atoms with E-state index >= 15 is 0 Å². The van der Waals surface area contributed by atoms with Crippen LogP contribution >= 0.6 is 0 Å². The Hall–Kier alpha value is -2.38. The van der Waals surface area contributed by atoms with Crippen LogP contribution in [0.2, 0.25) is 0 Å². The van der Waals surface area contributed by atoms with E-state index in [4.69, 9.17) is 10.5 Å². The van der Waals surface area contributed by atoms with Crippen molar-refractivity contribution in [2.75, 3.05) is 32.7 Å². The minimum atomic E-state index is -0.00635. The van der Waals surface area contributed by atoms with E-state index in [-0.39, 0.29) is 11.3 Å². The second-order valence-electron chi connectivity index (χ2n) is 7.36. The zero-order chi connectivity index (χ0) is 18.4. The predicted molar refractivity (Wildman–Crippen MR) is 93.2 cm³/mol. The molecular weight excluding hydrogens is 316 g/mol. The molecule has 1 aliphatic heterocycles. The number of aryl methyl sites for hydroxylation is 1. The molecule has 1 aromatic rings. The summed E-state index contributed by atoms with van der Waals surface area (Å²) in [5.41, 5.74) is 1.27. The fourth-order valence-corrected chi connectivity index (χ4v) is 3.58. The van der Waals surface area contributed by atoms with Crippen LogP contribution in [0.5, 0.6) is 0 Å². The first-order chi connectivity index (χ1) is 11.9. The highest BCUT2D eigenvalue weighted by Gasteiger charge is 2.41. The topological polar surface area (TPSA) is 89.0 Å². The van der Waals surface area contributed by atoms with E-state index in [2.05, 4.69) is 36.0 Å². The van der Waals surface area contributed by atoms with Gasteiger partial charge in [-0.05, 0) is 11.0 Å². The summed E-state index contributed by atoms with van der Waals surface area (Å²) < 4.78 is 1.81. The zero-order valence-electron chi connectivity index (χ0n) is 15.3. The van der Waals surface area contributed by atoms with Crippen LogP contribution in [0.25, 0.3) is 0 Å². The van der Waals surface area contributed by atoms with E-state index in [0.717, 1.165) is 13.1 Å². The normalized spacial score (nSPS) is 19.3. The maximum atomic E-state index is 12.6. The van der Waals surface area contributed by atoms with Crippen LogP contribution in [-0.2, 0) is 11.8 Å². The maximum absolute atomic E-state index is 12.6. The third-order valence-corrected chi connectivity index (χ3v) is 4.84. The van der Waals surface area contributed by atoms with Crippen LogP contribution in [-0.4, -0.2) is 58.2 Å². The van der Waals surface area contributed by atoms with E-state index in [0.29, 0.717) is 38.4 Å². The number of hydrogen-bond acceptors (Lipinski definition) is 5. The van der Waals surface area contributed by atoms with Gasteiger partial charge in [-0.2, -0.15) is 15.6 Å². The summed E-state index contributed by atoms with van der Waals surface area (Å²) >= 11 is 0. The molecule has 0 unspecified atom stereocenters. The van der Waals surface area contributed by atoms with Crippen LogP contribution in [0.4, 0.5) is 0 Å². The van der Waals surface area contributed by atoms with E-state index in [9.17, 15) is 4.79 Å². The molecule has 1 atom stereocenters. The van der Waals surface area contributed by atoms with Gasteiger partial charge in [0.15, 0.2) is 0 Å². The van der Waals surface area contributed by atoms with Crippen LogP contribution in [0.15, 0.2) is 12.4 Å². The maximum Gasteiger partial charge on any atom is 0.236 e. The fourth-order valence-electron chi connectivity index (χ4n) is 3.58. The number of hydrogen-bond donors (Lipinski definition) is 0. The Morgan fingerprint density at radius 3 is 2.52 bits per heavy atom. The van der Waals surface area contributed by atoms with E-state index < -0.39 is 0 Å². The minimum absolute atomic E-state index is 0.00635. The van der Waals surface area contributed by atoms with Crippen LogP contribution < -0.4 is 0 Å². The first kappa shape index (κ1) is 19.0. The molecule has 0 aliphatic carbocycles. The minimum Gasteiger partial charge on any atom is -0.340 e. The molecule has 0 aromatic carbocycles. The Labute approximate surface area is 149 Å². The number of carbonyl (C=O) groups is 1. The second kappa shape index (κ2) is 8.13. The lowest BCUT2D eigenvalue weighted by Gasteiger charge is -2.25. The molecule has 0 N–H and O–H groups in total. The van der Waals surface area contributed by atoms with Crippen molar-refractivity contribution in [3.05, 3.63) is 18.0 Å². The van der Waals surface area contributed by atoms with Crippen molar-refractivity contribution in [2.24, 2.45) is 12.5 Å². The number of rotatable bonds is 7. The summed E-state index contributed by atoms with van der Waals surface area (Å²) in [4.78, 5) is 16.4. The van der Waals surface area contributed by atoms with Gasteiger partial charge in [0.25, 0.3) is 0 Å². The summed E-state index contributed by atoms with van der Waals surface area (Å²) in [5, 5.41) is 21.8. The average molecular weight is 342 g/mol. The number of likely N-dealkylation sites (tertiary alicyclic amines) is 1. The zero-order valence-corrected chi connectivity index (χ0v) is 15.3. The molecule has 25 heavy (non-hydrogen) atoms. The number of carbonyl (C=O) groups excluding carboxylic acids is 1. The third kappa shape index (κ3) is 4.80. The summed E-state index contributed by atoms with van der Waals surface area (Å²) in [6.07, 6.45) is 4.54. The molecule has 1 aliphatic rings. The number of amides is 1. The van der Waals surface area contributed by atoms with Crippen molar-refractivity contribution >= 4 is 5.91 Å². The molecule has 134 valence electrons. The van der Waals surface area contributed by atoms with Gasteiger partial charge in [0.2, 0.25) is 5.91 Å². The first-order valence-corrected chi connectivity index (χ1v) is 8.60. The number of aromatic nitrogens is 2. The molecule has 2 heterocycles. The van der Waals surface area contributed by atoms with Gasteiger partial charge in [-0.3, -0.25) is 14.4 Å². The quantitative estimate of drug-likeness (QED) is 0.749. The monoisotopic (exact) mass is 342 g/mol. The average Bonchev–Trinajstić information content (AvgIpc) is 3.09. The van der Waals surface area contributed by atoms with Crippen molar-refractivity contribution in [1.82, 2.24) is 19.6 Å². The lowest BCUT2D eigenvalue weighted by Crippen LogP contribution is -2.41. The van der Waals surface area contributed by atoms with Gasteiger partial charge in [-0.1, -0.05) is 13.8 Å². The highest BCUT2D eigenvalue weighted by Crippen LogP contribution is 2.41. The van der Waals surface area contributed by atoms with Gasteiger partial charge < -0.3 is 4.90 Å². The molecule has 1 aromatic heterocycles. The molecule has 1 fully saturated rings. The predicted octanol–water partition coefficient (Wildman–Crippen LogP) is 1.50. The fraction of sp³-hybridized carbons (Fsp3) is 0.667. The van der Waals surface area contributed by atoms with Crippen molar-refractivity contribution in [3.8, 4) is 12.1 Å². The largest absolute Gasteiger partial charge is 0.340 e. The van der Waals surface area contributed by atoms with Crippen molar-refractivity contribution in [1.29, 1.82) is 10.5 Å². The van der Waals surface area contributed by atoms with Crippen LogP contribution in [0, 0.1) is 28.1 Å². The first-order valence-electron chi connectivity index (χ1n) is 8.60. The second-order valence-corrected chi connectivity index (χ2v) is 7.36. The lowest BCUT2D eigenvalue weighted by molar-refractivity contribution is -0.132. The van der Waals surface area contributed by atoms with Gasteiger partial charge in [0, 0.05) is 45.3 Å². The highest BCUT2D eigenvalue weighted by atomic mass is 16.2. The van der Waals surface area contributed by atoms with Gasteiger partial charge in [-0.25, -0.2) is 0 Å². The Morgan fingerprint density at radius 2 is 2.00 bits per heavy atom. The Bertz CT molecular complexity index is 662.